The molecule has 0 fully saturated rings. The van der Waals surface area contributed by atoms with E-state index in [1.807, 2.05) is 18.2 Å². The fourth-order valence-electron chi connectivity index (χ4n) is 1.65. The molecule has 0 aliphatic carbocycles. The first-order valence-electron chi connectivity index (χ1n) is 6.10. The molecule has 1 aromatic heterocycles. The average molecular weight is 299 g/mol. The number of carbonyl (C=O) groups excluding carboxylic acids is 1. The lowest BCUT2D eigenvalue weighted by atomic mass is 10.2. The van der Waals surface area contributed by atoms with Gasteiger partial charge in [0.25, 0.3) is 0 Å². The molecule has 1 aromatic carbocycles. The van der Waals surface area contributed by atoms with Gasteiger partial charge in [0.2, 0.25) is 0 Å². The summed E-state index contributed by atoms with van der Waals surface area (Å²) in [5, 5.41) is 0. The number of carbonyl (C=O) groups is 1. The van der Waals surface area contributed by atoms with Crippen molar-refractivity contribution in [1.29, 1.82) is 0 Å². The van der Waals surface area contributed by atoms with Gasteiger partial charge in [0.05, 0.1) is 22.8 Å². The number of nitrogens with zero attached hydrogens (tertiary/aromatic N) is 1. The Balaban J connectivity index is 2.28. The molecule has 0 saturated heterocycles. The van der Waals surface area contributed by atoms with Gasteiger partial charge in [-0.3, -0.25) is 4.21 Å². The summed E-state index contributed by atoms with van der Waals surface area (Å²) in [4.78, 5) is 15.9. The van der Waals surface area contributed by atoms with E-state index in [0.29, 0.717) is 10.5 Å². The second-order valence-electron chi connectivity index (χ2n) is 4.12. The van der Waals surface area contributed by atoms with Crippen LogP contribution in [0.15, 0.2) is 47.5 Å². The maximum atomic E-state index is 11.6. The standard InChI is InChI=1S/C16H13NO3S/c1-20-16(18)14-10-8-12(11-17-14)7-9-13-5-3-4-6-15(13)21(2)19/h3-6,8,10-11H,1-2H3. The molecule has 0 amide bonds. The maximum absolute atomic E-state index is 11.6. The van der Waals surface area contributed by atoms with E-state index in [1.54, 1.807) is 24.5 Å². The summed E-state index contributed by atoms with van der Waals surface area (Å²) in [6, 6.07) is 10.5. The topological polar surface area (TPSA) is 56.3 Å². The van der Waals surface area contributed by atoms with Crippen LogP contribution in [0.5, 0.6) is 0 Å². The molecule has 1 unspecified atom stereocenters. The lowest BCUT2D eigenvalue weighted by Crippen LogP contribution is -2.03. The van der Waals surface area contributed by atoms with Crippen molar-refractivity contribution in [3.8, 4) is 11.8 Å². The molecule has 2 aromatic rings. The van der Waals surface area contributed by atoms with Crippen molar-refractivity contribution in [3.05, 3.63) is 59.4 Å². The van der Waals surface area contributed by atoms with Crippen molar-refractivity contribution < 1.29 is 13.7 Å². The largest absolute Gasteiger partial charge is 0.464 e. The second-order valence-corrected chi connectivity index (χ2v) is 5.47. The van der Waals surface area contributed by atoms with Crippen LogP contribution in [-0.2, 0) is 15.5 Å². The van der Waals surface area contributed by atoms with E-state index >= 15 is 0 Å². The lowest BCUT2D eigenvalue weighted by molar-refractivity contribution is 0.0594. The average Bonchev–Trinajstić information content (AvgIpc) is 2.52. The third kappa shape index (κ3) is 3.77. The molecule has 0 N–H and O–H groups in total. The number of rotatable bonds is 2. The molecule has 1 atom stereocenters. The predicted octanol–water partition coefficient (Wildman–Crippen LogP) is 2.01. The van der Waals surface area contributed by atoms with E-state index in [-0.39, 0.29) is 5.69 Å². The van der Waals surface area contributed by atoms with Crippen LogP contribution in [0, 0.1) is 11.8 Å². The molecule has 0 spiro atoms. The highest BCUT2D eigenvalue weighted by Gasteiger charge is 2.05. The number of ether oxygens (including phenoxy) is 1. The van der Waals surface area contributed by atoms with E-state index in [9.17, 15) is 9.00 Å². The van der Waals surface area contributed by atoms with Gasteiger partial charge in [-0.05, 0) is 24.3 Å². The van der Waals surface area contributed by atoms with E-state index in [0.717, 1.165) is 5.56 Å². The molecule has 0 radical (unpaired) electrons. The highest BCUT2D eigenvalue weighted by molar-refractivity contribution is 7.84. The number of methoxy groups -OCH3 is 1. The van der Waals surface area contributed by atoms with Gasteiger partial charge in [-0.15, -0.1) is 0 Å². The smallest absolute Gasteiger partial charge is 0.356 e. The first-order valence-corrected chi connectivity index (χ1v) is 7.66. The Morgan fingerprint density at radius 3 is 2.57 bits per heavy atom. The Labute approximate surface area is 125 Å². The van der Waals surface area contributed by atoms with Gasteiger partial charge in [-0.1, -0.05) is 24.0 Å². The third-order valence-corrected chi connectivity index (χ3v) is 3.67. The first-order chi connectivity index (χ1) is 10.1. The van der Waals surface area contributed by atoms with Crippen molar-refractivity contribution in [1.82, 2.24) is 4.98 Å². The van der Waals surface area contributed by atoms with E-state index in [1.165, 1.54) is 13.3 Å². The molecule has 5 heteroatoms. The zero-order chi connectivity index (χ0) is 15.2. The van der Waals surface area contributed by atoms with Crippen molar-refractivity contribution in [2.24, 2.45) is 0 Å². The van der Waals surface area contributed by atoms with Crippen molar-refractivity contribution in [3.63, 3.8) is 0 Å². The highest BCUT2D eigenvalue weighted by Crippen LogP contribution is 2.11. The Morgan fingerprint density at radius 1 is 1.19 bits per heavy atom. The van der Waals surface area contributed by atoms with Crippen molar-refractivity contribution in [2.75, 3.05) is 13.4 Å². The number of pyridine rings is 1. The number of hydrogen-bond acceptors (Lipinski definition) is 4. The minimum atomic E-state index is -1.09. The van der Waals surface area contributed by atoms with Crippen LogP contribution in [0.25, 0.3) is 0 Å². The highest BCUT2D eigenvalue weighted by atomic mass is 32.2. The van der Waals surface area contributed by atoms with Crippen LogP contribution in [0.4, 0.5) is 0 Å². The molecule has 21 heavy (non-hydrogen) atoms. The van der Waals surface area contributed by atoms with Crippen LogP contribution < -0.4 is 0 Å². The van der Waals surface area contributed by atoms with Gasteiger partial charge in [0.15, 0.2) is 0 Å². The monoisotopic (exact) mass is 299 g/mol. The summed E-state index contributed by atoms with van der Waals surface area (Å²) < 4.78 is 16.2. The SMILES string of the molecule is COC(=O)c1ccc(C#Cc2ccccc2S(C)=O)cn1. The quantitative estimate of drug-likeness (QED) is 0.629. The Hall–Kier alpha value is -2.45. The molecule has 0 bridgehead atoms. The Bertz CT molecular complexity index is 742. The van der Waals surface area contributed by atoms with Crippen LogP contribution in [0.2, 0.25) is 0 Å². The number of hydrogen-bond donors (Lipinski definition) is 0. The third-order valence-electron chi connectivity index (χ3n) is 2.70. The summed E-state index contributed by atoms with van der Waals surface area (Å²) in [5.41, 5.74) is 1.62. The van der Waals surface area contributed by atoms with Crippen LogP contribution in [0.1, 0.15) is 21.6 Å². The van der Waals surface area contributed by atoms with Gasteiger partial charge >= 0.3 is 5.97 Å². The van der Waals surface area contributed by atoms with Crippen LogP contribution in [0.3, 0.4) is 0 Å². The van der Waals surface area contributed by atoms with Crippen LogP contribution in [-0.4, -0.2) is 28.5 Å². The number of esters is 1. The number of benzene rings is 1. The van der Waals surface area contributed by atoms with E-state index in [2.05, 4.69) is 21.6 Å². The van der Waals surface area contributed by atoms with Crippen molar-refractivity contribution >= 4 is 16.8 Å². The molecule has 0 aliphatic rings. The zero-order valence-electron chi connectivity index (χ0n) is 11.6. The summed E-state index contributed by atoms with van der Waals surface area (Å²) in [6.07, 6.45) is 3.12. The minimum absolute atomic E-state index is 0.234. The van der Waals surface area contributed by atoms with E-state index in [4.69, 9.17) is 0 Å². The predicted molar refractivity (Wildman–Crippen MR) is 80.3 cm³/mol. The molecule has 1 heterocycles. The summed E-state index contributed by atoms with van der Waals surface area (Å²) in [5.74, 6) is 5.43. The zero-order valence-corrected chi connectivity index (χ0v) is 12.4. The molecule has 0 saturated carbocycles. The molecule has 4 nitrogen and oxygen atoms in total. The van der Waals surface area contributed by atoms with Gasteiger partial charge in [-0.2, -0.15) is 0 Å². The lowest BCUT2D eigenvalue weighted by Gasteiger charge is -1.99. The summed E-state index contributed by atoms with van der Waals surface area (Å²) >= 11 is 0. The normalized spacial score (nSPS) is 11.1. The summed E-state index contributed by atoms with van der Waals surface area (Å²) in [7, 11) is 0.216. The first kappa shape index (κ1) is 14.9. The fraction of sp³-hybridized carbons (Fsp3) is 0.125. The Kier molecular flexibility index (Phi) is 4.85. The van der Waals surface area contributed by atoms with Gasteiger partial charge in [0, 0.05) is 23.6 Å². The number of aromatic nitrogens is 1. The molecular weight excluding hydrogens is 286 g/mol. The van der Waals surface area contributed by atoms with Gasteiger partial charge < -0.3 is 4.74 Å². The van der Waals surface area contributed by atoms with E-state index < -0.39 is 16.8 Å². The Morgan fingerprint density at radius 2 is 1.95 bits per heavy atom. The molecule has 106 valence electrons. The van der Waals surface area contributed by atoms with Crippen LogP contribution >= 0.6 is 0 Å². The van der Waals surface area contributed by atoms with Gasteiger partial charge in [0.1, 0.15) is 5.69 Å². The summed E-state index contributed by atoms with van der Waals surface area (Å²) in [6.45, 7) is 0. The molecule has 0 aliphatic heterocycles. The van der Waals surface area contributed by atoms with Gasteiger partial charge in [-0.25, -0.2) is 9.78 Å². The van der Waals surface area contributed by atoms with Crippen molar-refractivity contribution in [2.45, 2.75) is 4.90 Å². The minimum Gasteiger partial charge on any atom is -0.464 e. The fourth-order valence-corrected chi connectivity index (χ4v) is 2.35. The second kappa shape index (κ2) is 6.82. The maximum Gasteiger partial charge on any atom is 0.356 e. The molecule has 2 rings (SSSR count). The molecular formula is C16H13NO3S.